The van der Waals surface area contributed by atoms with Crippen molar-refractivity contribution < 1.29 is 0 Å². The molecule has 1 N–H and O–H groups in total. The Hall–Kier alpha value is -0.300. The SMILES string of the molecule is CNCC=CCCC(C)C. The summed E-state index contributed by atoms with van der Waals surface area (Å²) in [5, 5.41) is 3.07. The zero-order valence-corrected chi connectivity index (χ0v) is 7.35. The van der Waals surface area contributed by atoms with Crippen molar-refractivity contribution in [2.45, 2.75) is 26.7 Å². The molecule has 0 unspecified atom stereocenters. The maximum absolute atomic E-state index is 3.07. The Morgan fingerprint density at radius 2 is 2.00 bits per heavy atom. The molecule has 0 saturated heterocycles. The van der Waals surface area contributed by atoms with E-state index in [4.69, 9.17) is 0 Å². The van der Waals surface area contributed by atoms with E-state index in [1.165, 1.54) is 12.8 Å². The van der Waals surface area contributed by atoms with Crippen LogP contribution < -0.4 is 5.32 Å². The number of rotatable bonds is 5. The maximum Gasteiger partial charge on any atom is 0.0131 e. The highest BCUT2D eigenvalue weighted by atomic mass is 14.8. The normalized spacial score (nSPS) is 11.6. The van der Waals surface area contributed by atoms with Gasteiger partial charge in [0.1, 0.15) is 0 Å². The fourth-order valence-electron chi connectivity index (χ4n) is 0.749. The lowest BCUT2D eigenvalue weighted by atomic mass is 10.1. The van der Waals surface area contributed by atoms with Crippen molar-refractivity contribution in [3.05, 3.63) is 12.2 Å². The van der Waals surface area contributed by atoms with Gasteiger partial charge in [-0.1, -0.05) is 26.0 Å². The number of likely N-dealkylation sites (N-methyl/N-ethyl adjacent to an activating group) is 1. The van der Waals surface area contributed by atoms with Crippen LogP contribution in [0.15, 0.2) is 12.2 Å². The van der Waals surface area contributed by atoms with Gasteiger partial charge in [-0.15, -0.1) is 0 Å². The van der Waals surface area contributed by atoms with E-state index in [1.807, 2.05) is 7.05 Å². The molecule has 0 radical (unpaired) electrons. The van der Waals surface area contributed by atoms with E-state index in [2.05, 4.69) is 31.3 Å². The van der Waals surface area contributed by atoms with E-state index in [1.54, 1.807) is 0 Å². The van der Waals surface area contributed by atoms with Crippen molar-refractivity contribution in [3.63, 3.8) is 0 Å². The Balaban J connectivity index is 3.02. The van der Waals surface area contributed by atoms with Gasteiger partial charge in [0, 0.05) is 6.54 Å². The molecule has 0 aliphatic heterocycles. The van der Waals surface area contributed by atoms with Crippen LogP contribution >= 0.6 is 0 Å². The largest absolute Gasteiger partial charge is 0.316 e. The summed E-state index contributed by atoms with van der Waals surface area (Å²) < 4.78 is 0. The average Bonchev–Trinajstić information content (AvgIpc) is 1.87. The molecule has 60 valence electrons. The summed E-state index contributed by atoms with van der Waals surface area (Å²) in [5.41, 5.74) is 0. The zero-order chi connectivity index (χ0) is 7.82. The lowest BCUT2D eigenvalue weighted by Gasteiger charge is -1.98. The van der Waals surface area contributed by atoms with Gasteiger partial charge in [0.25, 0.3) is 0 Å². The van der Waals surface area contributed by atoms with E-state index < -0.39 is 0 Å². The smallest absolute Gasteiger partial charge is 0.0131 e. The Bertz CT molecular complexity index is 84.7. The summed E-state index contributed by atoms with van der Waals surface area (Å²) in [5.74, 6) is 0.833. The Morgan fingerprint density at radius 1 is 1.30 bits per heavy atom. The summed E-state index contributed by atoms with van der Waals surface area (Å²) in [6, 6.07) is 0. The van der Waals surface area contributed by atoms with Crippen molar-refractivity contribution >= 4 is 0 Å². The Labute approximate surface area is 64.5 Å². The Morgan fingerprint density at radius 3 is 2.50 bits per heavy atom. The molecule has 0 atom stereocenters. The van der Waals surface area contributed by atoms with Crippen molar-refractivity contribution in [3.8, 4) is 0 Å². The van der Waals surface area contributed by atoms with Crippen LogP contribution in [0.25, 0.3) is 0 Å². The van der Waals surface area contributed by atoms with Gasteiger partial charge in [0.05, 0.1) is 0 Å². The molecule has 10 heavy (non-hydrogen) atoms. The molecule has 0 aromatic heterocycles. The first-order valence-electron chi connectivity index (χ1n) is 4.07. The van der Waals surface area contributed by atoms with Gasteiger partial charge >= 0.3 is 0 Å². The fraction of sp³-hybridized carbons (Fsp3) is 0.778. The van der Waals surface area contributed by atoms with Gasteiger partial charge in [0.15, 0.2) is 0 Å². The van der Waals surface area contributed by atoms with Gasteiger partial charge in [-0.3, -0.25) is 0 Å². The van der Waals surface area contributed by atoms with Gasteiger partial charge in [-0.2, -0.15) is 0 Å². The van der Waals surface area contributed by atoms with Crippen molar-refractivity contribution in [1.82, 2.24) is 5.32 Å². The molecule has 0 fully saturated rings. The number of hydrogen-bond donors (Lipinski definition) is 1. The van der Waals surface area contributed by atoms with Gasteiger partial charge in [-0.05, 0) is 25.8 Å². The first kappa shape index (κ1) is 9.70. The van der Waals surface area contributed by atoms with E-state index in [0.29, 0.717) is 0 Å². The molecule has 0 heterocycles. The topological polar surface area (TPSA) is 12.0 Å². The predicted molar refractivity (Wildman–Crippen MR) is 47.1 cm³/mol. The van der Waals surface area contributed by atoms with E-state index in [0.717, 1.165) is 12.5 Å². The minimum absolute atomic E-state index is 0.833. The molecule has 0 spiro atoms. The molecule has 0 aliphatic rings. The van der Waals surface area contributed by atoms with Crippen LogP contribution in [0.3, 0.4) is 0 Å². The van der Waals surface area contributed by atoms with E-state index in [9.17, 15) is 0 Å². The minimum Gasteiger partial charge on any atom is -0.316 e. The number of allylic oxidation sites excluding steroid dienone is 1. The van der Waals surface area contributed by atoms with Crippen LogP contribution in [0.1, 0.15) is 26.7 Å². The maximum atomic E-state index is 3.07. The molecule has 0 bridgehead atoms. The quantitative estimate of drug-likeness (QED) is 0.579. The zero-order valence-electron chi connectivity index (χ0n) is 7.35. The highest BCUT2D eigenvalue weighted by molar-refractivity contribution is 4.83. The molecule has 0 aromatic rings. The van der Waals surface area contributed by atoms with Crippen LogP contribution in [-0.4, -0.2) is 13.6 Å². The van der Waals surface area contributed by atoms with Gasteiger partial charge in [-0.25, -0.2) is 0 Å². The molecular weight excluding hydrogens is 122 g/mol. The summed E-state index contributed by atoms with van der Waals surface area (Å²) in [4.78, 5) is 0. The average molecular weight is 141 g/mol. The standard InChI is InChI=1S/C9H19N/c1-9(2)7-5-4-6-8-10-3/h4,6,9-10H,5,7-8H2,1-3H3. The van der Waals surface area contributed by atoms with Crippen molar-refractivity contribution in [1.29, 1.82) is 0 Å². The molecular formula is C9H19N. The predicted octanol–water partition coefficient (Wildman–Crippen LogP) is 2.20. The lowest BCUT2D eigenvalue weighted by molar-refractivity contribution is 0.594. The second-order valence-corrected chi connectivity index (χ2v) is 3.00. The highest BCUT2D eigenvalue weighted by Gasteiger charge is 1.88. The van der Waals surface area contributed by atoms with Crippen LogP contribution in [0, 0.1) is 5.92 Å². The number of hydrogen-bond acceptors (Lipinski definition) is 1. The third-order valence-corrected chi connectivity index (χ3v) is 1.40. The van der Waals surface area contributed by atoms with Crippen LogP contribution in [0.5, 0.6) is 0 Å². The number of nitrogens with one attached hydrogen (secondary N) is 1. The lowest BCUT2D eigenvalue weighted by Crippen LogP contribution is -2.03. The molecule has 1 heteroatoms. The monoisotopic (exact) mass is 141 g/mol. The molecule has 0 rings (SSSR count). The van der Waals surface area contributed by atoms with Crippen LogP contribution in [-0.2, 0) is 0 Å². The van der Waals surface area contributed by atoms with Crippen LogP contribution in [0.4, 0.5) is 0 Å². The fourth-order valence-corrected chi connectivity index (χ4v) is 0.749. The second-order valence-electron chi connectivity index (χ2n) is 3.00. The minimum atomic E-state index is 0.833. The first-order valence-corrected chi connectivity index (χ1v) is 4.07. The summed E-state index contributed by atoms with van der Waals surface area (Å²) in [7, 11) is 1.97. The van der Waals surface area contributed by atoms with Crippen molar-refractivity contribution in [2.75, 3.05) is 13.6 Å². The highest BCUT2D eigenvalue weighted by Crippen LogP contribution is 2.03. The van der Waals surface area contributed by atoms with Crippen molar-refractivity contribution in [2.24, 2.45) is 5.92 Å². The third-order valence-electron chi connectivity index (χ3n) is 1.40. The van der Waals surface area contributed by atoms with Crippen LogP contribution in [0.2, 0.25) is 0 Å². The molecule has 0 aromatic carbocycles. The van der Waals surface area contributed by atoms with Gasteiger partial charge in [0.2, 0.25) is 0 Å². The second kappa shape index (κ2) is 6.81. The summed E-state index contributed by atoms with van der Waals surface area (Å²) in [6.45, 7) is 5.51. The van der Waals surface area contributed by atoms with E-state index >= 15 is 0 Å². The summed E-state index contributed by atoms with van der Waals surface area (Å²) >= 11 is 0. The molecule has 0 saturated carbocycles. The Kier molecular flexibility index (Phi) is 6.61. The third kappa shape index (κ3) is 7.70. The molecule has 0 amide bonds. The van der Waals surface area contributed by atoms with Gasteiger partial charge < -0.3 is 5.32 Å². The summed E-state index contributed by atoms with van der Waals surface area (Å²) in [6.07, 6.45) is 6.96. The molecule has 1 nitrogen and oxygen atoms in total. The molecule has 0 aliphatic carbocycles. The first-order chi connectivity index (χ1) is 4.77. The van der Waals surface area contributed by atoms with E-state index in [-0.39, 0.29) is 0 Å².